The summed E-state index contributed by atoms with van der Waals surface area (Å²) < 4.78 is 44.8. The summed E-state index contributed by atoms with van der Waals surface area (Å²) in [6, 6.07) is 16.1. The normalized spacial score (nSPS) is 19.4. The van der Waals surface area contributed by atoms with E-state index in [1.165, 1.54) is 3.97 Å². The number of hydrogen-bond donors (Lipinski definition) is 0. The van der Waals surface area contributed by atoms with E-state index in [-0.39, 0.29) is 10.7 Å². The molecule has 2 heterocycles. The van der Waals surface area contributed by atoms with Gasteiger partial charge in [-0.05, 0) is 54.7 Å². The molecule has 0 amide bonds. The largest absolute Gasteiger partial charge is 0.376 e. The molecule has 1 aromatic heterocycles. The average Bonchev–Trinajstić information content (AvgIpc) is 3.43. The van der Waals surface area contributed by atoms with E-state index in [9.17, 15) is 8.42 Å². The van der Waals surface area contributed by atoms with Crippen LogP contribution in [0.2, 0.25) is 0 Å². The number of rotatable bonds is 6. The van der Waals surface area contributed by atoms with Crippen LogP contribution in [0.15, 0.2) is 65.7 Å². The summed E-state index contributed by atoms with van der Waals surface area (Å²) in [7, 11) is -3.61. The molecule has 2 aliphatic rings. The van der Waals surface area contributed by atoms with Gasteiger partial charge in [0.25, 0.3) is 10.0 Å². The molecule has 1 aliphatic heterocycles. The Morgan fingerprint density at radius 1 is 1.00 bits per heavy atom. The van der Waals surface area contributed by atoms with Crippen molar-refractivity contribution in [1.29, 1.82) is 0 Å². The van der Waals surface area contributed by atoms with Crippen molar-refractivity contribution >= 4 is 20.9 Å². The quantitative estimate of drug-likeness (QED) is 0.570. The van der Waals surface area contributed by atoms with Crippen LogP contribution in [0.25, 0.3) is 10.9 Å². The summed E-state index contributed by atoms with van der Waals surface area (Å²) in [5.41, 5.74) is 1.71. The van der Waals surface area contributed by atoms with E-state index in [0.717, 1.165) is 43.2 Å². The molecular weight excluding hydrogens is 414 g/mol. The van der Waals surface area contributed by atoms with Crippen molar-refractivity contribution in [3.8, 4) is 0 Å². The van der Waals surface area contributed by atoms with Gasteiger partial charge >= 0.3 is 0 Å². The molecule has 6 nitrogen and oxygen atoms in total. The summed E-state index contributed by atoms with van der Waals surface area (Å²) >= 11 is 0. The second kappa shape index (κ2) is 8.39. The zero-order valence-corrected chi connectivity index (χ0v) is 18.2. The lowest BCUT2D eigenvalue weighted by atomic mass is 9.85. The van der Waals surface area contributed by atoms with E-state index in [1.807, 2.05) is 24.3 Å². The maximum Gasteiger partial charge on any atom is 0.268 e. The standard InChI is InChI=1S/C24H27NO5S/c26-31(27,22-4-2-1-3-5-22)25-13-10-21-16-20(6-7-23(21)25)18-28-17-19-8-11-24(12-9-19)29-14-15-30-24/h1-7,10,13,16,19H,8-9,11-12,14-15,17-18H2. The first kappa shape index (κ1) is 20.7. The van der Waals surface area contributed by atoms with Crippen LogP contribution in [0.5, 0.6) is 0 Å². The van der Waals surface area contributed by atoms with E-state index in [4.69, 9.17) is 14.2 Å². The Bertz CT molecular complexity index is 1140. The maximum atomic E-state index is 13.0. The third kappa shape index (κ3) is 4.15. The smallest absolute Gasteiger partial charge is 0.268 e. The predicted octanol–water partition coefficient (Wildman–Crippen LogP) is 4.33. The van der Waals surface area contributed by atoms with Gasteiger partial charge in [-0.2, -0.15) is 0 Å². The lowest BCUT2D eigenvalue weighted by Gasteiger charge is -2.35. The summed E-state index contributed by atoms with van der Waals surface area (Å²) in [5, 5.41) is 0.885. The minimum atomic E-state index is -3.61. The Labute approximate surface area is 182 Å². The molecule has 0 atom stereocenters. The fourth-order valence-corrected chi connectivity index (χ4v) is 5.96. The zero-order chi connectivity index (χ0) is 21.3. The van der Waals surface area contributed by atoms with Crippen molar-refractivity contribution in [3.05, 3.63) is 66.4 Å². The molecule has 1 saturated heterocycles. The average molecular weight is 442 g/mol. The molecule has 1 saturated carbocycles. The van der Waals surface area contributed by atoms with Crippen LogP contribution in [-0.2, 0) is 30.8 Å². The number of nitrogens with zero attached hydrogens (tertiary/aromatic N) is 1. The zero-order valence-electron chi connectivity index (χ0n) is 17.4. The molecular formula is C24H27NO5S. The highest BCUT2D eigenvalue weighted by Gasteiger charge is 2.40. The van der Waals surface area contributed by atoms with E-state index >= 15 is 0 Å². The minimum absolute atomic E-state index is 0.280. The van der Waals surface area contributed by atoms with Crippen molar-refractivity contribution in [2.24, 2.45) is 5.92 Å². The molecule has 0 N–H and O–H groups in total. The van der Waals surface area contributed by atoms with Gasteiger partial charge in [0.05, 0.1) is 30.2 Å². The molecule has 164 valence electrons. The van der Waals surface area contributed by atoms with Crippen molar-refractivity contribution in [2.45, 2.75) is 43.0 Å². The van der Waals surface area contributed by atoms with Gasteiger partial charge < -0.3 is 14.2 Å². The molecule has 3 aromatic rings. The summed E-state index contributed by atoms with van der Waals surface area (Å²) in [6.45, 7) is 2.65. The molecule has 7 heteroatoms. The Morgan fingerprint density at radius 3 is 2.48 bits per heavy atom. The number of hydrogen-bond acceptors (Lipinski definition) is 5. The highest BCUT2D eigenvalue weighted by atomic mass is 32.2. The van der Waals surface area contributed by atoms with Crippen molar-refractivity contribution in [2.75, 3.05) is 19.8 Å². The van der Waals surface area contributed by atoms with Crippen LogP contribution in [0.3, 0.4) is 0 Å². The fraction of sp³-hybridized carbons (Fsp3) is 0.417. The van der Waals surface area contributed by atoms with Gasteiger partial charge in [0.15, 0.2) is 5.79 Å². The number of aromatic nitrogens is 1. The third-order valence-electron chi connectivity index (χ3n) is 6.32. The van der Waals surface area contributed by atoms with E-state index in [2.05, 4.69) is 0 Å². The van der Waals surface area contributed by atoms with Crippen molar-refractivity contribution in [1.82, 2.24) is 3.97 Å². The van der Waals surface area contributed by atoms with E-state index in [0.29, 0.717) is 31.3 Å². The molecule has 0 unspecified atom stereocenters. The first-order chi connectivity index (χ1) is 15.1. The van der Waals surface area contributed by atoms with Crippen molar-refractivity contribution < 1.29 is 22.6 Å². The van der Waals surface area contributed by atoms with Crippen LogP contribution in [0, 0.1) is 5.92 Å². The second-order valence-electron chi connectivity index (χ2n) is 8.39. The van der Waals surface area contributed by atoms with Gasteiger partial charge in [0, 0.05) is 31.0 Å². The third-order valence-corrected chi connectivity index (χ3v) is 8.03. The van der Waals surface area contributed by atoms with Crippen LogP contribution in [-0.4, -0.2) is 38.0 Å². The number of ether oxygens (including phenoxy) is 3. The van der Waals surface area contributed by atoms with Crippen LogP contribution in [0.1, 0.15) is 31.2 Å². The van der Waals surface area contributed by atoms with Crippen LogP contribution < -0.4 is 0 Å². The van der Waals surface area contributed by atoms with Gasteiger partial charge in [0.1, 0.15) is 0 Å². The SMILES string of the molecule is O=S(=O)(c1ccccc1)n1ccc2cc(COCC3CCC4(CC3)OCCO4)ccc21. The Kier molecular flexibility index (Phi) is 5.60. The molecule has 31 heavy (non-hydrogen) atoms. The lowest BCUT2D eigenvalue weighted by Crippen LogP contribution is -2.36. The molecule has 2 aromatic carbocycles. The van der Waals surface area contributed by atoms with Gasteiger partial charge in [0.2, 0.25) is 0 Å². The van der Waals surface area contributed by atoms with Crippen LogP contribution >= 0.6 is 0 Å². The second-order valence-corrected chi connectivity index (χ2v) is 10.2. The molecule has 2 fully saturated rings. The maximum absolute atomic E-state index is 13.0. The molecule has 5 rings (SSSR count). The van der Waals surface area contributed by atoms with E-state index < -0.39 is 10.0 Å². The monoisotopic (exact) mass is 441 g/mol. The lowest BCUT2D eigenvalue weighted by molar-refractivity contribution is -0.184. The van der Waals surface area contributed by atoms with Gasteiger partial charge in [-0.25, -0.2) is 12.4 Å². The molecule has 0 radical (unpaired) electrons. The van der Waals surface area contributed by atoms with E-state index in [1.54, 1.807) is 36.5 Å². The fourth-order valence-electron chi connectivity index (χ4n) is 4.59. The Morgan fingerprint density at radius 2 is 1.74 bits per heavy atom. The Hall–Kier alpha value is -2.19. The van der Waals surface area contributed by atoms with Crippen LogP contribution in [0.4, 0.5) is 0 Å². The predicted molar refractivity (Wildman–Crippen MR) is 117 cm³/mol. The van der Waals surface area contributed by atoms with Gasteiger partial charge in [-0.3, -0.25) is 0 Å². The molecule has 1 aliphatic carbocycles. The van der Waals surface area contributed by atoms with Crippen molar-refractivity contribution in [3.63, 3.8) is 0 Å². The summed E-state index contributed by atoms with van der Waals surface area (Å²) in [5.74, 6) is 0.202. The number of fused-ring (bicyclic) bond motifs is 1. The molecule has 1 spiro atoms. The first-order valence-corrected chi connectivity index (χ1v) is 12.3. The number of benzene rings is 2. The summed E-state index contributed by atoms with van der Waals surface area (Å²) in [6.07, 6.45) is 5.61. The minimum Gasteiger partial charge on any atom is -0.376 e. The van der Waals surface area contributed by atoms with Gasteiger partial charge in [-0.15, -0.1) is 0 Å². The highest BCUT2D eigenvalue weighted by Crippen LogP contribution is 2.38. The first-order valence-electron chi connectivity index (χ1n) is 10.8. The summed E-state index contributed by atoms with van der Waals surface area (Å²) in [4.78, 5) is 0.280. The highest BCUT2D eigenvalue weighted by molar-refractivity contribution is 7.90. The topological polar surface area (TPSA) is 66.8 Å². The van der Waals surface area contributed by atoms with Gasteiger partial charge in [-0.1, -0.05) is 24.3 Å². The Balaban J connectivity index is 1.21. The molecule has 0 bridgehead atoms.